The monoisotopic (exact) mass is 230 g/mol. The van der Waals surface area contributed by atoms with Gasteiger partial charge in [-0.1, -0.05) is 0 Å². The van der Waals surface area contributed by atoms with Crippen molar-refractivity contribution in [3.05, 3.63) is 0 Å². The van der Waals surface area contributed by atoms with Crippen LogP contribution in [0.25, 0.3) is 0 Å². The van der Waals surface area contributed by atoms with E-state index in [9.17, 15) is 9.59 Å². The molecule has 0 fully saturated rings. The molecule has 0 radical (unpaired) electrons. The number of hydrogen-bond acceptors (Lipinski definition) is 4. The lowest BCUT2D eigenvalue weighted by Gasteiger charge is -2.17. The fraction of sp³-hybridized carbons (Fsp3) is 0.818. The quantitative estimate of drug-likeness (QED) is 0.671. The van der Waals surface area contributed by atoms with E-state index in [-0.39, 0.29) is 37.1 Å². The van der Waals surface area contributed by atoms with Crippen molar-refractivity contribution in [1.29, 1.82) is 0 Å². The van der Waals surface area contributed by atoms with Gasteiger partial charge in [-0.25, -0.2) is 0 Å². The maximum Gasteiger partial charge on any atom is 0.320 e. The molecule has 0 spiro atoms. The van der Waals surface area contributed by atoms with Crippen LogP contribution in [0.1, 0.15) is 27.7 Å². The van der Waals surface area contributed by atoms with E-state index in [1.165, 1.54) is 0 Å². The van der Waals surface area contributed by atoms with Gasteiger partial charge < -0.3 is 10.1 Å². The summed E-state index contributed by atoms with van der Waals surface area (Å²) < 4.78 is 4.97. The van der Waals surface area contributed by atoms with Crippen molar-refractivity contribution in [3.63, 3.8) is 0 Å². The molecule has 0 aromatic rings. The minimum atomic E-state index is -0.310. The van der Waals surface area contributed by atoms with Crippen LogP contribution in [0, 0.1) is 0 Å². The molecule has 5 heteroatoms. The molecule has 0 aromatic heterocycles. The van der Waals surface area contributed by atoms with Gasteiger partial charge in [0.2, 0.25) is 5.91 Å². The number of carbonyl (C=O) groups is 2. The van der Waals surface area contributed by atoms with Gasteiger partial charge in [-0.15, -0.1) is 0 Å². The second kappa shape index (κ2) is 7.22. The van der Waals surface area contributed by atoms with Crippen molar-refractivity contribution >= 4 is 11.9 Å². The first-order chi connectivity index (χ1) is 7.31. The molecule has 0 aliphatic rings. The van der Waals surface area contributed by atoms with Crippen LogP contribution in [0.3, 0.4) is 0 Å². The van der Waals surface area contributed by atoms with Gasteiger partial charge in [0, 0.05) is 6.04 Å². The van der Waals surface area contributed by atoms with Crippen molar-refractivity contribution in [2.45, 2.75) is 39.8 Å². The van der Waals surface area contributed by atoms with Gasteiger partial charge in [0.1, 0.15) is 0 Å². The molecule has 0 aliphatic carbocycles. The number of hydrogen-bond donors (Lipinski definition) is 1. The molecule has 1 N–H and O–H groups in total. The largest absolute Gasteiger partial charge is 0.462 e. The van der Waals surface area contributed by atoms with Crippen LogP contribution >= 0.6 is 0 Å². The highest BCUT2D eigenvalue weighted by Gasteiger charge is 2.12. The molecule has 0 aliphatic heterocycles. The Morgan fingerprint density at radius 2 is 1.75 bits per heavy atom. The number of rotatable bonds is 6. The minimum Gasteiger partial charge on any atom is -0.462 e. The molecule has 16 heavy (non-hydrogen) atoms. The van der Waals surface area contributed by atoms with E-state index in [0.717, 1.165) is 0 Å². The number of likely N-dealkylation sites (N-methyl/N-ethyl adjacent to an activating group) is 1. The van der Waals surface area contributed by atoms with Crippen LogP contribution in [0.15, 0.2) is 0 Å². The van der Waals surface area contributed by atoms with Crippen molar-refractivity contribution in [2.24, 2.45) is 0 Å². The molecule has 1 amide bonds. The van der Waals surface area contributed by atoms with E-state index in [1.54, 1.807) is 25.8 Å². The van der Waals surface area contributed by atoms with Crippen molar-refractivity contribution in [3.8, 4) is 0 Å². The number of amides is 1. The molecular weight excluding hydrogens is 208 g/mol. The highest BCUT2D eigenvalue weighted by Crippen LogP contribution is 1.92. The van der Waals surface area contributed by atoms with E-state index >= 15 is 0 Å². The predicted octanol–water partition coefficient (Wildman–Crippen LogP) is 0.394. The van der Waals surface area contributed by atoms with E-state index in [2.05, 4.69) is 5.32 Å². The molecule has 0 bridgehead atoms. The summed E-state index contributed by atoms with van der Waals surface area (Å²) in [4.78, 5) is 24.3. The first-order valence-electron chi connectivity index (χ1n) is 5.48. The molecule has 0 heterocycles. The zero-order valence-corrected chi connectivity index (χ0v) is 10.7. The van der Waals surface area contributed by atoms with Crippen LogP contribution in [-0.4, -0.2) is 49.1 Å². The zero-order chi connectivity index (χ0) is 12.7. The summed E-state index contributed by atoms with van der Waals surface area (Å²) in [6.45, 7) is 7.71. The third kappa shape index (κ3) is 8.23. The highest BCUT2D eigenvalue weighted by atomic mass is 16.5. The van der Waals surface area contributed by atoms with Crippen molar-refractivity contribution in [1.82, 2.24) is 10.2 Å². The number of nitrogens with one attached hydrogen (secondary N) is 1. The normalized spacial score (nSPS) is 11.0. The summed E-state index contributed by atoms with van der Waals surface area (Å²) in [5.41, 5.74) is 0. The molecule has 0 unspecified atom stereocenters. The predicted molar refractivity (Wildman–Crippen MR) is 62.0 cm³/mol. The number of ether oxygens (including phenoxy) is 1. The highest BCUT2D eigenvalue weighted by molar-refractivity contribution is 5.79. The maximum atomic E-state index is 11.4. The number of nitrogens with zero attached hydrogens (tertiary/aromatic N) is 1. The number of carbonyl (C=O) groups excluding carboxylic acids is 2. The summed E-state index contributed by atoms with van der Waals surface area (Å²) >= 11 is 0. The van der Waals surface area contributed by atoms with Crippen molar-refractivity contribution < 1.29 is 14.3 Å². The zero-order valence-electron chi connectivity index (χ0n) is 10.7. The van der Waals surface area contributed by atoms with Crippen LogP contribution in [0.4, 0.5) is 0 Å². The molecule has 5 nitrogen and oxygen atoms in total. The SMILES string of the molecule is CC(C)NC(=O)CN(C)CC(=O)OC(C)C. The first-order valence-corrected chi connectivity index (χ1v) is 5.48. The molecular formula is C11H22N2O3. The Morgan fingerprint density at radius 1 is 1.19 bits per heavy atom. The van der Waals surface area contributed by atoms with Gasteiger partial charge in [-0.2, -0.15) is 0 Å². The van der Waals surface area contributed by atoms with Crippen LogP contribution in [0.5, 0.6) is 0 Å². The Kier molecular flexibility index (Phi) is 6.72. The molecule has 0 atom stereocenters. The lowest BCUT2D eigenvalue weighted by Crippen LogP contribution is -2.40. The molecule has 0 rings (SSSR count). The Balaban J connectivity index is 3.85. The van der Waals surface area contributed by atoms with E-state index < -0.39 is 0 Å². The summed E-state index contributed by atoms with van der Waals surface area (Å²) in [6, 6.07) is 0.114. The lowest BCUT2D eigenvalue weighted by atomic mass is 10.4. The van der Waals surface area contributed by atoms with E-state index in [0.29, 0.717) is 0 Å². The maximum absolute atomic E-state index is 11.4. The van der Waals surface area contributed by atoms with Crippen LogP contribution in [0.2, 0.25) is 0 Å². The van der Waals surface area contributed by atoms with Gasteiger partial charge in [0.15, 0.2) is 0 Å². The topological polar surface area (TPSA) is 58.6 Å². The van der Waals surface area contributed by atoms with Gasteiger partial charge in [0.25, 0.3) is 0 Å². The third-order valence-corrected chi connectivity index (χ3v) is 1.63. The van der Waals surface area contributed by atoms with Gasteiger partial charge in [-0.05, 0) is 34.7 Å². The smallest absolute Gasteiger partial charge is 0.320 e. The van der Waals surface area contributed by atoms with Gasteiger partial charge in [-0.3, -0.25) is 14.5 Å². The standard InChI is InChI=1S/C11H22N2O3/c1-8(2)12-10(14)6-13(5)7-11(15)16-9(3)4/h8-9H,6-7H2,1-5H3,(H,12,14). The Bertz CT molecular complexity index is 215. The summed E-state index contributed by atoms with van der Waals surface area (Å²) in [5, 5.41) is 2.75. The average Bonchev–Trinajstić information content (AvgIpc) is 1.97. The van der Waals surface area contributed by atoms with Crippen LogP contribution in [-0.2, 0) is 14.3 Å². The summed E-state index contributed by atoms with van der Waals surface area (Å²) in [5.74, 6) is -0.398. The summed E-state index contributed by atoms with van der Waals surface area (Å²) in [7, 11) is 1.71. The fourth-order valence-electron chi connectivity index (χ4n) is 1.19. The van der Waals surface area contributed by atoms with E-state index in [4.69, 9.17) is 4.74 Å². The van der Waals surface area contributed by atoms with Crippen LogP contribution < -0.4 is 5.32 Å². The first kappa shape index (κ1) is 14.9. The molecule has 0 aromatic carbocycles. The Hall–Kier alpha value is -1.10. The molecule has 94 valence electrons. The fourth-order valence-corrected chi connectivity index (χ4v) is 1.19. The second-order valence-electron chi connectivity index (χ2n) is 4.43. The third-order valence-electron chi connectivity index (χ3n) is 1.63. The van der Waals surface area contributed by atoms with E-state index in [1.807, 2.05) is 13.8 Å². The van der Waals surface area contributed by atoms with Gasteiger partial charge >= 0.3 is 5.97 Å². The lowest BCUT2D eigenvalue weighted by molar-refractivity contribution is -0.148. The minimum absolute atomic E-state index is 0.0881. The molecule has 0 saturated carbocycles. The second-order valence-corrected chi connectivity index (χ2v) is 4.43. The number of esters is 1. The average molecular weight is 230 g/mol. The summed E-state index contributed by atoms with van der Waals surface area (Å²) in [6.07, 6.45) is -0.120. The van der Waals surface area contributed by atoms with Crippen molar-refractivity contribution in [2.75, 3.05) is 20.1 Å². The molecule has 0 saturated heterocycles. The van der Waals surface area contributed by atoms with Gasteiger partial charge in [0.05, 0.1) is 19.2 Å². The Morgan fingerprint density at radius 3 is 2.19 bits per heavy atom. The Labute approximate surface area is 97.1 Å².